The Balaban J connectivity index is 1.95. The van der Waals surface area contributed by atoms with Crippen molar-refractivity contribution in [3.63, 3.8) is 0 Å². The number of rotatable bonds is 6. The topological polar surface area (TPSA) is 39.1 Å². The summed E-state index contributed by atoms with van der Waals surface area (Å²) >= 11 is 0. The summed E-state index contributed by atoms with van der Waals surface area (Å²) in [6.07, 6.45) is -0.989. The van der Waals surface area contributed by atoms with Crippen LogP contribution in [0.2, 0.25) is 0 Å². The zero-order chi connectivity index (χ0) is 15.3. The molecule has 4 nitrogen and oxygen atoms in total. The molecule has 0 amide bonds. The van der Waals surface area contributed by atoms with Gasteiger partial charge in [-0.25, -0.2) is 0 Å². The molecule has 21 heavy (non-hydrogen) atoms. The Kier molecular flexibility index (Phi) is 4.85. The lowest BCUT2D eigenvalue weighted by molar-refractivity contribution is -0.274. The Morgan fingerprint density at radius 2 is 1.90 bits per heavy atom. The van der Waals surface area contributed by atoms with E-state index in [1.54, 1.807) is 23.0 Å². The van der Waals surface area contributed by atoms with Crippen molar-refractivity contribution in [1.29, 1.82) is 0 Å². The minimum atomic E-state index is -4.66. The third-order valence-corrected chi connectivity index (χ3v) is 2.77. The van der Waals surface area contributed by atoms with Gasteiger partial charge in [-0.05, 0) is 24.2 Å². The van der Waals surface area contributed by atoms with Crippen LogP contribution in [0.3, 0.4) is 0 Å². The van der Waals surface area contributed by atoms with Crippen LogP contribution in [0, 0.1) is 0 Å². The second kappa shape index (κ2) is 6.62. The van der Waals surface area contributed by atoms with Crippen LogP contribution in [0.1, 0.15) is 18.1 Å². The predicted octanol–water partition coefficient (Wildman–Crippen LogP) is 2.94. The van der Waals surface area contributed by atoms with Crippen LogP contribution in [0.25, 0.3) is 0 Å². The molecule has 0 radical (unpaired) electrons. The van der Waals surface area contributed by atoms with Gasteiger partial charge in [-0.3, -0.25) is 4.68 Å². The first-order valence-corrected chi connectivity index (χ1v) is 6.53. The molecule has 1 aromatic heterocycles. The van der Waals surface area contributed by atoms with Crippen molar-refractivity contribution < 1.29 is 17.9 Å². The Labute approximate surface area is 120 Å². The molecule has 2 aromatic rings. The maximum atomic E-state index is 12.1. The van der Waals surface area contributed by atoms with E-state index in [0.29, 0.717) is 6.54 Å². The lowest BCUT2D eigenvalue weighted by Crippen LogP contribution is -2.17. The van der Waals surface area contributed by atoms with Crippen LogP contribution in [0.15, 0.2) is 36.7 Å². The molecule has 114 valence electrons. The molecule has 0 saturated carbocycles. The molecule has 0 spiro atoms. The highest BCUT2D eigenvalue weighted by Gasteiger charge is 2.30. The molecule has 0 saturated heterocycles. The van der Waals surface area contributed by atoms with Crippen molar-refractivity contribution in [2.75, 3.05) is 6.54 Å². The maximum Gasteiger partial charge on any atom is 0.573 e. The SMILES string of the molecule is CCNCc1cnn(Cc2ccc(OC(F)(F)F)cc2)c1. The van der Waals surface area contributed by atoms with Gasteiger partial charge in [0.1, 0.15) is 5.75 Å². The predicted molar refractivity (Wildman–Crippen MR) is 71.8 cm³/mol. The molecule has 1 N–H and O–H groups in total. The van der Waals surface area contributed by atoms with Crippen LogP contribution in [0.4, 0.5) is 13.2 Å². The highest BCUT2D eigenvalue weighted by atomic mass is 19.4. The molecule has 0 bridgehead atoms. The van der Waals surface area contributed by atoms with E-state index >= 15 is 0 Å². The van der Waals surface area contributed by atoms with Gasteiger partial charge in [0.2, 0.25) is 0 Å². The number of ether oxygens (including phenoxy) is 1. The summed E-state index contributed by atoms with van der Waals surface area (Å²) in [6.45, 7) is 4.15. The van der Waals surface area contributed by atoms with E-state index in [1.165, 1.54) is 12.1 Å². The number of alkyl halides is 3. The number of halogens is 3. The van der Waals surface area contributed by atoms with Gasteiger partial charge in [0.05, 0.1) is 12.7 Å². The third kappa shape index (κ3) is 5.11. The van der Waals surface area contributed by atoms with E-state index in [4.69, 9.17) is 0 Å². The first-order valence-electron chi connectivity index (χ1n) is 6.53. The third-order valence-electron chi connectivity index (χ3n) is 2.77. The van der Waals surface area contributed by atoms with E-state index in [9.17, 15) is 13.2 Å². The van der Waals surface area contributed by atoms with E-state index in [-0.39, 0.29) is 5.75 Å². The van der Waals surface area contributed by atoms with E-state index in [2.05, 4.69) is 15.2 Å². The van der Waals surface area contributed by atoms with Gasteiger partial charge in [0.15, 0.2) is 0 Å². The fourth-order valence-electron chi connectivity index (χ4n) is 1.84. The van der Waals surface area contributed by atoms with Crippen LogP contribution < -0.4 is 10.1 Å². The summed E-state index contributed by atoms with van der Waals surface area (Å²) < 4.78 is 41.7. The van der Waals surface area contributed by atoms with Crippen molar-refractivity contribution in [1.82, 2.24) is 15.1 Å². The first-order chi connectivity index (χ1) is 9.96. The molecule has 1 heterocycles. The largest absolute Gasteiger partial charge is 0.573 e. The Hall–Kier alpha value is -2.02. The Bertz CT molecular complexity index is 564. The van der Waals surface area contributed by atoms with Crippen molar-refractivity contribution in [3.8, 4) is 5.75 Å². The van der Waals surface area contributed by atoms with Gasteiger partial charge in [-0.15, -0.1) is 13.2 Å². The summed E-state index contributed by atoms with van der Waals surface area (Å²) in [5.74, 6) is -0.223. The number of nitrogens with one attached hydrogen (secondary N) is 1. The van der Waals surface area contributed by atoms with Crippen LogP contribution in [0.5, 0.6) is 5.75 Å². The van der Waals surface area contributed by atoms with Gasteiger partial charge < -0.3 is 10.1 Å². The van der Waals surface area contributed by atoms with E-state index < -0.39 is 6.36 Å². The summed E-state index contributed by atoms with van der Waals surface area (Å²) in [6, 6.07) is 5.77. The van der Waals surface area contributed by atoms with Gasteiger partial charge in [0.25, 0.3) is 0 Å². The lowest BCUT2D eigenvalue weighted by Gasteiger charge is -2.09. The smallest absolute Gasteiger partial charge is 0.406 e. The van der Waals surface area contributed by atoms with Gasteiger partial charge in [0, 0.05) is 18.3 Å². The molecule has 0 aliphatic heterocycles. The van der Waals surface area contributed by atoms with Crippen molar-refractivity contribution in [2.45, 2.75) is 26.4 Å². The first kappa shape index (κ1) is 15.4. The molecular formula is C14H16F3N3O. The minimum Gasteiger partial charge on any atom is -0.406 e. The standard InChI is InChI=1S/C14H16F3N3O/c1-2-18-7-12-8-19-20(10-12)9-11-3-5-13(6-4-11)21-14(15,16)17/h3-6,8,10,18H,2,7,9H2,1H3. The number of benzene rings is 1. The summed E-state index contributed by atoms with van der Waals surface area (Å²) in [5.41, 5.74) is 1.91. The molecule has 0 aliphatic rings. The van der Waals surface area contributed by atoms with Crippen molar-refractivity contribution in [3.05, 3.63) is 47.8 Å². The molecule has 2 rings (SSSR count). The molecule has 0 unspecified atom stereocenters. The summed E-state index contributed by atoms with van der Waals surface area (Å²) in [4.78, 5) is 0. The van der Waals surface area contributed by atoms with Gasteiger partial charge in [-0.2, -0.15) is 5.10 Å². The number of hydrogen-bond acceptors (Lipinski definition) is 3. The monoisotopic (exact) mass is 299 g/mol. The van der Waals surface area contributed by atoms with Gasteiger partial charge in [-0.1, -0.05) is 19.1 Å². The Morgan fingerprint density at radius 3 is 2.52 bits per heavy atom. The van der Waals surface area contributed by atoms with Crippen LogP contribution in [-0.4, -0.2) is 22.7 Å². The quantitative estimate of drug-likeness (QED) is 0.891. The Morgan fingerprint density at radius 1 is 1.19 bits per heavy atom. The molecular weight excluding hydrogens is 283 g/mol. The van der Waals surface area contributed by atoms with E-state index in [1.807, 2.05) is 13.1 Å². The van der Waals surface area contributed by atoms with Crippen molar-refractivity contribution >= 4 is 0 Å². The average molecular weight is 299 g/mol. The second-order valence-corrected chi connectivity index (χ2v) is 4.52. The molecule has 0 atom stereocenters. The van der Waals surface area contributed by atoms with Gasteiger partial charge >= 0.3 is 6.36 Å². The zero-order valence-corrected chi connectivity index (χ0v) is 11.5. The van der Waals surface area contributed by atoms with Crippen molar-refractivity contribution in [2.24, 2.45) is 0 Å². The average Bonchev–Trinajstić information content (AvgIpc) is 2.85. The zero-order valence-electron chi connectivity index (χ0n) is 11.5. The lowest BCUT2D eigenvalue weighted by atomic mass is 10.2. The van der Waals surface area contributed by atoms with Crippen LogP contribution in [-0.2, 0) is 13.1 Å². The number of nitrogens with zero attached hydrogens (tertiary/aromatic N) is 2. The maximum absolute atomic E-state index is 12.1. The highest BCUT2D eigenvalue weighted by Crippen LogP contribution is 2.22. The fourth-order valence-corrected chi connectivity index (χ4v) is 1.84. The van der Waals surface area contributed by atoms with Crippen LogP contribution >= 0.6 is 0 Å². The highest BCUT2D eigenvalue weighted by molar-refractivity contribution is 5.27. The minimum absolute atomic E-state index is 0.223. The summed E-state index contributed by atoms with van der Waals surface area (Å²) in [7, 11) is 0. The number of hydrogen-bond donors (Lipinski definition) is 1. The second-order valence-electron chi connectivity index (χ2n) is 4.52. The summed E-state index contributed by atoms with van der Waals surface area (Å²) in [5, 5.41) is 7.41. The normalized spacial score (nSPS) is 11.6. The molecule has 0 fully saturated rings. The van der Waals surface area contributed by atoms with E-state index in [0.717, 1.165) is 24.2 Å². The molecule has 0 aliphatic carbocycles. The molecule has 7 heteroatoms. The molecule has 1 aromatic carbocycles. The number of aromatic nitrogens is 2. The fraction of sp³-hybridized carbons (Fsp3) is 0.357.